The minimum atomic E-state index is -0.655. The number of hydrogen-bond acceptors (Lipinski definition) is 3. The molecule has 36 heavy (non-hydrogen) atoms. The van der Waals surface area contributed by atoms with Crippen molar-refractivity contribution in [1.82, 2.24) is 10.2 Å². The van der Waals surface area contributed by atoms with Gasteiger partial charge in [-0.15, -0.1) is 0 Å². The second kappa shape index (κ2) is 11.7. The van der Waals surface area contributed by atoms with E-state index in [9.17, 15) is 9.59 Å². The van der Waals surface area contributed by atoms with Crippen molar-refractivity contribution in [2.45, 2.75) is 44.6 Å². The highest BCUT2D eigenvalue weighted by Crippen LogP contribution is 2.37. The third kappa shape index (κ3) is 6.15. The van der Waals surface area contributed by atoms with Crippen molar-refractivity contribution in [3.05, 3.63) is 101 Å². The van der Waals surface area contributed by atoms with E-state index in [4.69, 9.17) is 11.6 Å². The molecule has 5 nitrogen and oxygen atoms in total. The first kappa shape index (κ1) is 25.9. The fraction of sp³-hybridized carbons (Fsp3) is 0.333. The lowest BCUT2D eigenvalue weighted by Gasteiger charge is -2.41. The predicted molar refractivity (Wildman–Crippen MR) is 146 cm³/mol. The highest BCUT2D eigenvalue weighted by atomic mass is 35.5. The standard InChI is InChI=1S/C30H34ClN3O2/c1-3-22-9-7-8-12-26(22)30(2)17-19-34(20-18-30)27(35)21-32-28(23-10-5-4-6-11-23)29(36)33-25-15-13-24(31)14-16-25/h4-16,28,32H,3,17-21H2,1-2H3,(H,33,36)/t28-/m1/s1. The molecule has 3 aromatic carbocycles. The fourth-order valence-corrected chi connectivity index (χ4v) is 5.12. The van der Waals surface area contributed by atoms with Gasteiger partial charge in [-0.05, 0) is 65.6 Å². The van der Waals surface area contributed by atoms with Gasteiger partial charge in [0.25, 0.3) is 0 Å². The minimum Gasteiger partial charge on any atom is -0.342 e. The molecule has 0 radical (unpaired) electrons. The Balaban J connectivity index is 1.39. The molecule has 2 N–H and O–H groups in total. The Morgan fingerprint density at radius 1 is 0.944 bits per heavy atom. The first-order valence-electron chi connectivity index (χ1n) is 12.6. The van der Waals surface area contributed by atoms with Crippen LogP contribution < -0.4 is 10.6 Å². The summed E-state index contributed by atoms with van der Waals surface area (Å²) >= 11 is 5.97. The Labute approximate surface area is 218 Å². The second-order valence-electron chi connectivity index (χ2n) is 9.67. The summed E-state index contributed by atoms with van der Waals surface area (Å²) in [6, 6.07) is 24.4. The van der Waals surface area contributed by atoms with Gasteiger partial charge in [-0.1, -0.05) is 80.0 Å². The van der Waals surface area contributed by atoms with Crippen LogP contribution in [0.25, 0.3) is 0 Å². The van der Waals surface area contributed by atoms with Crippen LogP contribution in [0.1, 0.15) is 49.4 Å². The lowest BCUT2D eigenvalue weighted by Crippen LogP contribution is -2.48. The van der Waals surface area contributed by atoms with E-state index in [0.717, 1.165) is 24.8 Å². The van der Waals surface area contributed by atoms with Crippen molar-refractivity contribution < 1.29 is 9.59 Å². The maximum atomic E-state index is 13.2. The van der Waals surface area contributed by atoms with E-state index < -0.39 is 6.04 Å². The van der Waals surface area contributed by atoms with Gasteiger partial charge in [-0.25, -0.2) is 0 Å². The van der Waals surface area contributed by atoms with Gasteiger partial charge >= 0.3 is 0 Å². The zero-order chi connectivity index (χ0) is 25.5. The van der Waals surface area contributed by atoms with Crippen LogP contribution in [-0.4, -0.2) is 36.3 Å². The Morgan fingerprint density at radius 2 is 1.58 bits per heavy atom. The Bertz CT molecular complexity index is 1170. The maximum Gasteiger partial charge on any atom is 0.246 e. The molecule has 0 spiro atoms. The van der Waals surface area contributed by atoms with Crippen molar-refractivity contribution in [2.24, 2.45) is 0 Å². The lowest BCUT2D eigenvalue weighted by molar-refractivity contribution is -0.132. The first-order chi connectivity index (χ1) is 17.4. The zero-order valence-electron chi connectivity index (χ0n) is 21.0. The summed E-state index contributed by atoms with van der Waals surface area (Å²) in [5, 5.41) is 6.74. The zero-order valence-corrected chi connectivity index (χ0v) is 21.7. The van der Waals surface area contributed by atoms with Crippen molar-refractivity contribution in [2.75, 3.05) is 25.0 Å². The molecule has 0 aliphatic carbocycles. The number of benzene rings is 3. The van der Waals surface area contributed by atoms with Gasteiger partial charge in [0.1, 0.15) is 6.04 Å². The van der Waals surface area contributed by atoms with E-state index in [2.05, 4.69) is 48.7 Å². The monoisotopic (exact) mass is 503 g/mol. The summed E-state index contributed by atoms with van der Waals surface area (Å²) in [5.41, 5.74) is 4.32. The van der Waals surface area contributed by atoms with E-state index in [1.54, 1.807) is 24.3 Å². The molecule has 0 bridgehead atoms. The number of nitrogens with zero attached hydrogens (tertiary/aromatic N) is 1. The smallest absolute Gasteiger partial charge is 0.246 e. The molecule has 1 saturated heterocycles. The molecule has 1 fully saturated rings. The molecule has 1 aliphatic heterocycles. The van der Waals surface area contributed by atoms with Crippen molar-refractivity contribution in [3.8, 4) is 0 Å². The third-order valence-electron chi connectivity index (χ3n) is 7.23. The number of anilines is 1. The third-order valence-corrected chi connectivity index (χ3v) is 7.48. The van der Waals surface area contributed by atoms with Crippen LogP contribution in [0.5, 0.6) is 0 Å². The van der Waals surface area contributed by atoms with Crippen LogP contribution in [-0.2, 0) is 21.4 Å². The number of rotatable bonds is 8. The number of carbonyl (C=O) groups is 2. The summed E-state index contributed by atoms with van der Waals surface area (Å²) in [6.45, 7) is 6.02. The number of carbonyl (C=O) groups excluding carboxylic acids is 2. The van der Waals surface area contributed by atoms with Crippen molar-refractivity contribution in [1.29, 1.82) is 0 Å². The van der Waals surface area contributed by atoms with Gasteiger partial charge in [0.2, 0.25) is 11.8 Å². The number of amides is 2. The topological polar surface area (TPSA) is 61.4 Å². The Hall–Kier alpha value is -3.15. The summed E-state index contributed by atoms with van der Waals surface area (Å²) in [6.07, 6.45) is 2.86. The molecule has 1 heterocycles. The number of likely N-dealkylation sites (tertiary alicyclic amines) is 1. The largest absolute Gasteiger partial charge is 0.342 e. The van der Waals surface area contributed by atoms with Gasteiger partial charge in [-0.3, -0.25) is 14.9 Å². The first-order valence-corrected chi connectivity index (χ1v) is 13.0. The summed E-state index contributed by atoms with van der Waals surface area (Å²) in [5.74, 6) is -0.209. The van der Waals surface area contributed by atoms with Crippen LogP contribution in [0.4, 0.5) is 5.69 Å². The molecule has 0 saturated carbocycles. The molecular weight excluding hydrogens is 470 g/mol. The molecule has 1 aliphatic rings. The van der Waals surface area contributed by atoms with Gasteiger partial charge in [0, 0.05) is 23.8 Å². The van der Waals surface area contributed by atoms with Crippen LogP contribution in [0, 0.1) is 0 Å². The molecule has 6 heteroatoms. The number of aryl methyl sites for hydroxylation is 1. The highest BCUT2D eigenvalue weighted by molar-refractivity contribution is 6.30. The quantitative estimate of drug-likeness (QED) is 0.411. The average Bonchev–Trinajstić information content (AvgIpc) is 2.91. The predicted octanol–water partition coefficient (Wildman–Crippen LogP) is 5.75. The molecule has 1 atom stereocenters. The number of hydrogen-bond donors (Lipinski definition) is 2. The van der Waals surface area contributed by atoms with E-state index >= 15 is 0 Å². The summed E-state index contributed by atoms with van der Waals surface area (Å²) < 4.78 is 0. The second-order valence-corrected chi connectivity index (χ2v) is 10.1. The van der Waals surface area contributed by atoms with Gasteiger partial charge in [-0.2, -0.15) is 0 Å². The molecule has 4 rings (SSSR count). The van der Waals surface area contributed by atoms with Gasteiger partial charge < -0.3 is 10.2 Å². The number of nitrogens with one attached hydrogen (secondary N) is 2. The minimum absolute atomic E-state index is 0.0149. The van der Waals surface area contributed by atoms with Crippen LogP contribution in [0.2, 0.25) is 5.02 Å². The van der Waals surface area contributed by atoms with Crippen LogP contribution in [0.15, 0.2) is 78.9 Å². The van der Waals surface area contributed by atoms with E-state index in [1.807, 2.05) is 35.2 Å². The summed E-state index contributed by atoms with van der Waals surface area (Å²) in [4.78, 5) is 28.2. The molecule has 0 aromatic heterocycles. The highest BCUT2D eigenvalue weighted by Gasteiger charge is 2.34. The Kier molecular flexibility index (Phi) is 8.44. The fourth-order valence-electron chi connectivity index (χ4n) is 4.99. The van der Waals surface area contributed by atoms with E-state index in [0.29, 0.717) is 23.8 Å². The van der Waals surface area contributed by atoms with Gasteiger partial charge in [0.15, 0.2) is 0 Å². The van der Waals surface area contributed by atoms with Gasteiger partial charge in [0.05, 0.1) is 6.54 Å². The average molecular weight is 504 g/mol. The van der Waals surface area contributed by atoms with E-state index in [1.165, 1.54) is 11.1 Å². The molecule has 2 amide bonds. The Morgan fingerprint density at radius 3 is 2.25 bits per heavy atom. The van der Waals surface area contributed by atoms with E-state index in [-0.39, 0.29) is 23.8 Å². The van der Waals surface area contributed by atoms with Crippen LogP contribution >= 0.6 is 11.6 Å². The summed E-state index contributed by atoms with van der Waals surface area (Å²) in [7, 11) is 0. The normalized spacial score (nSPS) is 15.8. The number of piperidine rings is 1. The molecule has 0 unspecified atom stereocenters. The molecule has 188 valence electrons. The SMILES string of the molecule is CCc1ccccc1C1(C)CCN(C(=O)CN[C@@H](C(=O)Nc2ccc(Cl)cc2)c2ccccc2)CC1. The molecule has 3 aromatic rings. The van der Waals surface area contributed by atoms with Crippen molar-refractivity contribution in [3.63, 3.8) is 0 Å². The molecular formula is C30H34ClN3O2. The van der Waals surface area contributed by atoms with Crippen LogP contribution in [0.3, 0.4) is 0 Å². The maximum absolute atomic E-state index is 13.2. The number of halogens is 1. The lowest BCUT2D eigenvalue weighted by atomic mass is 9.72. The van der Waals surface area contributed by atoms with Crippen molar-refractivity contribution >= 4 is 29.1 Å².